The molecule has 0 spiro atoms. The second-order valence-corrected chi connectivity index (χ2v) is 7.15. The first-order chi connectivity index (χ1) is 14.7. The van der Waals surface area contributed by atoms with Gasteiger partial charge in [-0.25, -0.2) is 23.6 Å². The Bertz CT molecular complexity index is 1070. The normalized spacial score (nSPS) is 11.8. The van der Waals surface area contributed by atoms with Crippen molar-refractivity contribution in [3.8, 4) is 22.8 Å². The van der Waals surface area contributed by atoms with E-state index in [-0.39, 0.29) is 0 Å². The molecule has 168 valence electrons. The highest BCUT2D eigenvalue weighted by Crippen LogP contribution is 2.32. The van der Waals surface area contributed by atoms with Crippen LogP contribution in [0.5, 0.6) is 11.5 Å². The second kappa shape index (κ2) is 11.1. The molecule has 31 heavy (non-hydrogen) atoms. The fraction of sp³-hybridized carbons (Fsp3) is 0.286. The Hall–Kier alpha value is -2.66. The van der Waals surface area contributed by atoms with Crippen LogP contribution < -0.4 is 38.5 Å². The third-order valence-corrected chi connectivity index (χ3v) is 4.21. The Morgan fingerprint density at radius 2 is 1.58 bits per heavy atom. The summed E-state index contributed by atoms with van der Waals surface area (Å²) >= 11 is 0. The van der Waals surface area contributed by atoms with Crippen molar-refractivity contribution < 1.29 is 52.5 Å². The summed E-state index contributed by atoms with van der Waals surface area (Å²) in [6.45, 7) is 3.42. The molecule has 1 heterocycles. The average molecular weight is 454 g/mol. The summed E-state index contributed by atoms with van der Waals surface area (Å²) in [5.74, 6) is 2.10. The zero-order valence-corrected chi connectivity index (χ0v) is 18.4. The molecule has 0 radical (unpaired) electrons. The van der Waals surface area contributed by atoms with E-state index in [2.05, 4.69) is 18.0 Å². The minimum Gasteiger partial charge on any atom is -0.493 e. The Labute approximate surface area is 181 Å². The van der Waals surface area contributed by atoms with Crippen LogP contribution in [-0.2, 0) is 4.74 Å². The van der Waals surface area contributed by atoms with Crippen LogP contribution in [0.2, 0.25) is 0 Å². The minimum absolute atomic E-state index is 0.630. The van der Waals surface area contributed by atoms with Crippen LogP contribution in [0.25, 0.3) is 22.3 Å². The number of hydrogen-bond donors (Lipinski definition) is 1. The van der Waals surface area contributed by atoms with Gasteiger partial charge in [0.05, 0.1) is 25.7 Å². The molecule has 0 bridgehead atoms. The number of fused-ring (bicyclic) bond motifs is 1. The predicted octanol–water partition coefficient (Wildman–Crippen LogP) is -2.70. The van der Waals surface area contributed by atoms with Crippen molar-refractivity contribution in [2.45, 2.75) is 6.92 Å². The molecule has 3 aromatic rings. The predicted molar refractivity (Wildman–Crippen MR) is 100 cm³/mol. The number of hydrogen-bond acceptors (Lipinski definition) is 8. The first kappa shape index (κ1) is 24.6. The Morgan fingerprint density at radius 1 is 0.903 bits per heavy atom. The molecule has 9 nitrogen and oxygen atoms in total. The fourth-order valence-corrected chi connectivity index (χ4v) is 2.87. The molecule has 0 amide bonds. The van der Waals surface area contributed by atoms with Gasteiger partial charge in [0.25, 0.3) is 0 Å². The molecular formula is C21H24ClNO8. The first-order valence-electron chi connectivity index (χ1n) is 9.10. The molecule has 1 aromatic heterocycles. The summed E-state index contributed by atoms with van der Waals surface area (Å²) in [4.78, 5) is 3.44. The molecule has 0 aliphatic heterocycles. The molecule has 3 rings (SSSR count). The van der Waals surface area contributed by atoms with Crippen LogP contribution in [0.4, 0.5) is 0 Å². The highest BCUT2D eigenvalue weighted by molar-refractivity contribution is 5.79. The molecule has 10 heteroatoms. The SMILES string of the molecule is COCC[NH+]=c1cc(-c2ccc(OC)c(OC)c2)oc2ccc(C)cc12.[O-][Cl+3]([O-])([O-])[O-]. The van der Waals surface area contributed by atoms with E-state index < -0.39 is 10.2 Å². The molecule has 0 saturated heterocycles. The zero-order valence-electron chi connectivity index (χ0n) is 17.6. The number of ether oxygens (including phenoxy) is 3. The maximum absolute atomic E-state index is 8.49. The van der Waals surface area contributed by atoms with Gasteiger partial charge in [-0.1, -0.05) is 11.6 Å². The van der Waals surface area contributed by atoms with Crippen molar-refractivity contribution in [3.63, 3.8) is 0 Å². The van der Waals surface area contributed by atoms with Gasteiger partial charge >= 0.3 is 0 Å². The number of nitrogens with one attached hydrogen (secondary N) is 1. The number of methoxy groups -OCH3 is 3. The van der Waals surface area contributed by atoms with Gasteiger partial charge in [0.1, 0.15) is 18.0 Å². The van der Waals surface area contributed by atoms with E-state index in [1.54, 1.807) is 21.3 Å². The van der Waals surface area contributed by atoms with Gasteiger partial charge in [0, 0.05) is 12.7 Å². The van der Waals surface area contributed by atoms with E-state index in [0.29, 0.717) is 18.1 Å². The first-order valence-corrected chi connectivity index (χ1v) is 10.3. The molecule has 0 saturated carbocycles. The Balaban J connectivity index is 0.000000614. The minimum atomic E-state index is -4.94. The maximum Gasteiger partial charge on any atom is 0.213 e. The lowest BCUT2D eigenvalue weighted by Crippen LogP contribution is -2.77. The van der Waals surface area contributed by atoms with E-state index >= 15 is 0 Å². The lowest BCUT2D eigenvalue weighted by molar-refractivity contribution is -2.00. The zero-order chi connectivity index (χ0) is 23.0. The van der Waals surface area contributed by atoms with Crippen LogP contribution in [0.15, 0.2) is 46.9 Å². The summed E-state index contributed by atoms with van der Waals surface area (Å²) in [5.41, 5.74) is 2.92. The molecule has 0 aliphatic carbocycles. The Morgan fingerprint density at radius 3 is 2.19 bits per heavy atom. The van der Waals surface area contributed by atoms with Gasteiger partial charge in [0.15, 0.2) is 18.0 Å². The summed E-state index contributed by atoms with van der Waals surface area (Å²) in [5, 5.41) is 2.06. The van der Waals surface area contributed by atoms with Crippen LogP contribution in [0.1, 0.15) is 5.56 Å². The molecule has 1 N–H and O–H groups in total. The van der Waals surface area contributed by atoms with Crippen LogP contribution >= 0.6 is 0 Å². The summed E-state index contributed by atoms with van der Waals surface area (Å²) in [7, 11) is -0.00289. The lowest BCUT2D eigenvalue weighted by Gasteiger charge is -2.17. The third-order valence-electron chi connectivity index (χ3n) is 4.21. The Kier molecular flexibility index (Phi) is 8.81. The highest BCUT2D eigenvalue weighted by Gasteiger charge is 2.12. The van der Waals surface area contributed by atoms with E-state index in [1.165, 1.54) is 5.56 Å². The van der Waals surface area contributed by atoms with Crippen molar-refractivity contribution in [1.82, 2.24) is 0 Å². The lowest BCUT2D eigenvalue weighted by atomic mass is 10.1. The standard InChI is InChI=1S/C21H23NO4.ClHO4/c1-14-5-7-18-16(11-14)17(22-9-10-23-2)13-20(26-18)15-6-8-19(24-3)21(12-15)25-4;2-1(3,4)5/h5-8,11-13H,9-10H2,1-4H3;(H,2,3,4,5). The van der Waals surface area contributed by atoms with Gasteiger partial charge in [-0.05, 0) is 37.3 Å². The summed E-state index contributed by atoms with van der Waals surface area (Å²) in [6, 6.07) is 13.9. The van der Waals surface area contributed by atoms with Gasteiger partial charge in [-0.15, -0.1) is 10.2 Å². The monoisotopic (exact) mass is 453 g/mol. The number of rotatable bonds is 6. The molecular weight excluding hydrogens is 430 g/mol. The maximum atomic E-state index is 8.49. The molecule has 0 aliphatic rings. The largest absolute Gasteiger partial charge is 0.493 e. The van der Waals surface area contributed by atoms with E-state index in [9.17, 15) is 0 Å². The van der Waals surface area contributed by atoms with Crippen LogP contribution in [0.3, 0.4) is 0 Å². The van der Waals surface area contributed by atoms with Crippen LogP contribution in [0, 0.1) is 17.2 Å². The van der Waals surface area contributed by atoms with Crippen molar-refractivity contribution in [2.75, 3.05) is 34.5 Å². The van der Waals surface area contributed by atoms with Crippen LogP contribution in [-0.4, -0.2) is 34.5 Å². The van der Waals surface area contributed by atoms with E-state index in [0.717, 1.165) is 34.2 Å². The smallest absolute Gasteiger partial charge is 0.213 e. The van der Waals surface area contributed by atoms with Crippen molar-refractivity contribution in [2.24, 2.45) is 0 Å². The van der Waals surface area contributed by atoms with Gasteiger partial charge in [-0.2, -0.15) is 0 Å². The number of aryl methyl sites for hydroxylation is 1. The number of halogens is 1. The fourth-order valence-electron chi connectivity index (χ4n) is 2.87. The molecule has 0 unspecified atom stereocenters. The average Bonchev–Trinajstić information content (AvgIpc) is 2.72. The van der Waals surface area contributed by atoms with E-state index in [1.807, 2.05) is 36.4 Å². The topological polar surface area (TPSA) is 147 Å². The van der Waals surface area contributed by atoms with Crippen molar-refractivity contribution >= 4 is 11.0 Å². The summed E-state index contributed by atoms with van der Waals surface area (Å²) in [6.07, 6.45) is 0. The van der Waals surface area contributed by atoms with E-state index in [4.69, 9.17) is 37.3 Å². The third kappa shape index (κ3) is 7.51. The van der Waals surface area contributed by atoms with Gasteiger partial charge < -0.3 is 18.6 Å². The summed E-state index contributed by atoms with van der Waals surface area (Å²) < 4.78 is 56.0. The van der Waals surface area contributed by atoms with Crippen molar-refractivity contribution in [1.29, 1.82) is 0 Å². The van der Waals surface area contributed by atoms with Gasteiger partial charge in [0.2, 0.25) is 5.36 Å². The highest BCUT2D eigenvalue weighted by atomic mass is 35.7. The van der Waals surface area contributed by atoms with Crippen molar-refractivity contribution in [3.05, 3.63) is 53.4 Å². The number of benzene rings is 2. The molecule has 0 atom stereocenters. The molecule has 0 fully saturated rings. The second-order valence-electron chi connectivity index (χ2n) is 6.39. The molecule has 2 aromatic carbocycles. The quantitative estimate of drug-likeness (QED) is 0.396. The van der Waals surface area contributed by atoms with Gasteiger partial charge in [-0.3, -0.25) is 0 Å².